The fraction of sp³-hybridized carbons (Fsp3) is 0.100. The third-order valence-corrected chi connectivity index (χ3v) is 1.78. The highest BCUT2D eigenvalue weighted by molar-refractivity contribution is 7.13. The number of hydrogen-bond donors (Lipinski definition) is 0. The van der Waals surface area contributed by atoms with Gasteiger partial charge in [0.25, 0.3) is 0 Å². The summed E-state index contributed by atoms with van der Waals surface area (Å²) in [4.78, 5) is 0. The van der Waals surface area contributed by atoms with Crippen LogP contribution in [0.4, 0.5) is 0 Å². The molecule has 0 aromatic rings. The Labute approximate surface area is 81.8 Å². The molecular formula is C10H13N2P. The molecule has 0 aliphatic rings. The Bertz CT molecular complexity index is 271. The Morgan fingerprint density at radius 3 is 2.62 bits per heavy atom. The first-order valence-electron chi connectivity index (χ1n) is 3.77. The molecule has 13 heavy (non-hydrogen) atoms. The zero-order valence-electron chi connectivity index (χ0n) is 7.48. The molecule has 2 nitrogen and oxygen atoms in total. The number of rotatable bonds is 5. The Morgan fingerprint density at radius 1 is 1.46 bits per heavy atom. The highest BCUT2D eigenvalue weighted by Crippen LogP contribution is 2.10. The van der Waals surface area contributed by atoms with Crippen molar-refractivity contribution in [2.75, 3.05) is 6.54 Å². The molecule has 0 aliphatic heterocycles. The monoisotopic (exact) mass is 192 g/mol. The van der Waals surface area contributed by atoms with Crippen LogP contribution in [0.15, 0.2) is 49.2 Å². The molecule has 0 saturated carbocycles. The first-order chi connectivity index (χ1) is 6.26. The molecule has 1 atom stereocenters. The molecule has 0 saturated heterocycles. The minimum Gasteiger partial charge on any atom is -0.342 e. The molecule has 1 unspecified atom stereocenters. The molecule has 68 valence electrons. The standard InChI is InChI=1S/C10H13N2P/c1-3-5-6-7-10(4-2)12(13)9-8-11/h3-7H,1-2,9,13H2/b6-5-,10-7+. The van der Waals surface area contributed by atoms with E-state index in [2.05, 4.69) is 22.5 Å². The molecule has 0 amide bonds. The van der Waals surface area contributed by atoms with Crippen LogP contribution in [0.1, 0.15) is 0 Å². The normalized spacial score (nSPS) is 10.9. The summed E-state index contributed by atoms with van der Waals surface area (Å²) in [5.74, 6) is 0. The summed E-state index contributed by atoms with van der Waals surface area (Å²) in [6.07, 6.45) is 8.90. The second-order valence-electron chi connectivity index (χ2n) is 2.20. The predicted molar refractivity (Wildman–Crippen MR) is 59.6 cm³/mol. The number of nitriles is 1. The molecule has 0 N–H and O–H groups in total. The molecule has 0 rings (SSSR count). The van der Waals surface area contributed by atoms with E-state index < -0.39 is 0 Å². The van der Waals surface area contributed by atoms with E-state index in [9.17, 15) is 0 Å². The Balaban J connectivity index is 4.40. The minimum absolute atomic E-state index is 0.324. The second kappa shape index (κ2) is 7.34. The van der Waals surface area contributed by atoms with Crippen LogP contribution in [0.25, 0.3) is 0 Å². The van der Waals surface area contributed by atoms with Gasteiger partial charge < -0.3 is 4.67 Å². The number of hydrogen-bond acceptors (Lipinski definition) is 2. The van der Waals surface area contributed by atoms with Gasteiger partial charge in [0, 0.05) is 5.70 Å². The molecule has 0 heterocycles. The molecule has 0 fully saturated rings. The fourth-order valence-electron chi connectivity index (χ4n) is 0.681. The third-order valence-electron chi connectivity index (χ3n) is 1.30. The van der Waals surface area contributed by atoms with E-state index in [1.165, 1.54) is 0 Å². The maximum absolute atomic E-state index is 8.45. The molecule has 0 bridgehead atoms. The summed E-state index contributed by atoms with van der Waals surface area (Å²) in [6, 6.07) is 2.04. The Hall–Kier alpha value is -1.32. The lowest BCUT2D eigenvalue weighted by molar-refractivity contribution is 0.666. The van der Waals surface area contributed by atoms with Crippen molar-refractivity contribution in [2.45, 2.75) is 0 Å². The zero-order chi connectivity index (χ0) is 10.1. The van der Waals surface area contributed by atoms with E-state index in [0.29, 0.717) is 6.54 Å². The molecular weight excluding hydrogens is 179 g/mol. The van der Waals surface area contributed by atoms with Gasteiger partial charge in [0.2, 0.25) is 0 Å². The predicted octanol–water partition coefficient (Wildman–Crippen LogP) is 2.41. The van der Waals surface area contributed by atoms with Gasteiger partial charge in [-0.3, -0.25) is 0 Å². The van der Waals surface area contributed by atoms with E-state index in [0.717, 1.165) is 5.70 Å². The summed E-state index contributed by atoms with van der Waals surface area (Å²) < 4.78 is 1.74. The van der Waals surface area contributed by atoms with Crippen LogP contribution in [0.3, 0.4) is 0 Å². The fourth-order valence-corrected chi connectivity index (χ4v) is 0.954. The lowest BCUT2D eigenvalue weighted by Crippen LogP contribution is -2.08. The molecule has 3 heteroatoms. The van der Waals surface area contributed by atoms with Gasteiger partial charge in [0.1, 0.15) is 6.54 Å². The Kier molecular flexibility index (Phi) is 6.59. The van der Waals surface area contributed by atoms with Gasteiger partial charge in [-0.25, -0.2) is 0 Å². The molecule has 0 radical (unpaired) electrons. The zero-order valence-corrected chi connectivity index (χ0v) is 8.63. The maximum atomic E-state index is 8.45. The molecule has 0 aliphatic carbocycles. The number of allylic oxidation sites excluding steroid dienone is 5. The van der Waals surface area contributed by atoms with E-state index in [-0.39, 0.29) is 0 Å². The second-order valence-corrected chi connectivity index (χ2v) is 2.83. The Morgan fingerprint density at radius 2 is 2.15 bits per heavy atom. The lowest BCUT2D eigenvalue weighted by Gasteiger charge is -2.14. The van der Waals surface area contributed by atoms with Gasteiger partial charge in [-0.05, 0) is 21.5 Å². The van der Waals surface area contributed by atoms with Crippen molar-refractivity contribution in [3.63, 3.8) is 0 Å². The van der Waals surface area contributed by atoms with Crippen molar-refractivity contribution in [1.29, 1.82) is 5.26 Å². The van der Waals surface area contributed by atoms with E-state index >= 15 is 0 Å². The third kappa shape index (κ3) is 5.00. The van der Waals surface area contributed by atoms with Crippen LogP contribution in [0.5, 0.6) is 0 Å². The van der Waals surface area contributed by atoms with E-state index in [1.54, 1.807) is 16.8 Å². The minimum atomic E-state index is 0.324. The van der Waals surface area contributed by atoms with Crippen LogP contribution in [-0.2, 0) is 0 Å². The van der Waals surface area contributed by atoms with Gasteiger partial charge in [-0.2, -0.15) is 5.26 Å². The van der Waals surface area contributed by atoms with E-state index in [4.69, 9.17) is 5.26 Å². The molecule has 0 aromatic heterocycles. The first kappa shape index (κ1) is 11.7. The summed E-state index contributed by atoms with van der Waals surface area (Å²) in [5, 5.41) is 8.45. The van der Waals surface area contributed by atoms with Crippen LogP contribution < -0.4 is 0 Å². The summed E-state index contributed by atoms with van der Waals surface area (Å²) >= 11 is 0. The average molecular weight is 192 g/mol. The highest BCUT2D eigenvalue weighted by Gasteiger charge is 1.96. The van der Waals surface area contributed by atoms with Gasteiger partial charge in [-0.1, -0.05) is 31.4 Å². The van der Waals surface area contributed by atoms with Gasteiger partial charge in [-0.15, -0.1) is 0 Å². The van der Waals surface area contributed by atoms with Crippen LogP contribution >= 0.6 is 9.39 Å². The van der Waals surface area contributed by atoms with Gasteiger partial charge in [0.15, 0.2) is 0 Å². The average Bonchev–Trinajstić information content (AvgIpc) is 2.13. The van der Waals surface area contributed by atoms with E-state index in [1.807, 2.05) is 24.3 Å². The maximum Gasteiger partial charge on any atom is 0.108 e. The van der Waals surface area contributed by atoms with Crippen molar-refractivity contribution in [3.05, 3.63) is 49.2 Å². The lowest BCUT2D eigenvalue weighted by atomic mass is 10.3. The van der Waals surface area contributed by atoms with Crippen molar-refractivity contribution in [1.82, 2.24) is 4.67 Å². The highest BCUT2D eigenvalue weighted by atomic mass is 31.0. The molecule has 0 aromatic carbocycles. The summed E-state index contributed by atoms with van der Waals surface area (Å²) in [7, 11) is 2.46. The van der Waals surface area contributed by atoms with Gasteiger partial charge in [0.05, 0.1) is 6.07 Å². The number of nitrogens with zero attached hydrogens (tertiary/aromatic N) is 2. The van der Waals surface area contributed by atoms with Crippen molar-refractivity contribution >= 4 is 9.39 Å². The smallest absolute Gasteiger partial charge is 0.108 e. The summed E-state index contributed by atoms with van der Waals surface area (Å²) in [5.41, 5.74) is 0.879. The largest absolute Gasteiger partial charge is 0.342 e. The summed E-state index contributed by atoms with van der Waals surface area (Å²) in [6.45, 7) is 7.53. The first-order valence-corrected chi connectivity index (χ1v) is 4.29. The van der Waals surface area contributed by atoms with Crippen LogP contribution in [-0.4, -0.2) is 11.2 Å². The van der Waals surface area contributed by atoms with Crippen molar-refractivity contribution in [2.24, 2.45) is 0 Å². The van der Waals surface area contributed by atoms with Gasteiger partial charge >= 0.3 is 0 Å². The van der Waals surface area contributed by atoms with Crippen molar-refractivity contribution < 1.29 is 0 Å². The van der Waals surface area contributed by atoms with Crippen LogP contribution in [0, 0.1) is 11.3 Å². The topological polar surface area (TPSA) is 27.0 Å². The van der Waals surface area contributed by atoms with Crippen molar-refractivity contribution in [3.8, 4) is 6.07 Å². The SMILES string of the molecule is C=C/C=C\C=C(/C=C)N(P)CC#N. The quantitative estimate of drug-likeness (QED) is 0.380. The molecule has 0 spiro atoms. The van der Waals surface area contributed by atoms with Crippen LogP contribution in [0.2, 0.25) is 0 Å².